The maximum atomic E-state index is 10.4. The second-order valence-corrected chi connectivity index (χ2v) is 3.42. The maximum Gasteiger partial charge on any atom is 0.328 e. The van der Waals surface area contributed by atoms with E-state index >= 15 is 0 Å². The van der Waals surface area contributed by atoms with Crippen LogP contribution in [0.4, 0.5) is 0 Å². The van der Waals surface area contributed by atoms with Crippen molar-refractivity contribution in [1.29, 1.82) is 0 Å². The summed E-state index contributed by atoms with van der Waals surface area (Å²) in [7, 11) is 0. The largest absolute Gasteiger partial charge is 0.478 e. The van der Waals surface area contributed by atoms with Gasteiger partial charge in [-0.1, -0.05) is 18.2 Å². The number of carboxylic acids is 1. The molecular weight excluding hydrogens is 208 g/mol. The highest BCUT2D eigenvalue weighted by Gasteiger charge is 2.17. The number of carbonyl (C=O) groups is 1. The first-order chi connectivity index (χ1) is 7.75. The Morgan fingerprint density at radius 1 is 1.38 bits per heavy atom. The minimum absolute atomic E-state index is 0.321. The normalized spacial score (nSPS) is 17.0. The van der Waals surface area contributed by atoms with Gasteiger partial charge in [-0.15, -0.1) is 0 Å². The molecule has 1 heterocycles. The molecule has 0 unspecified atom stereocenters. The van der Waals surface area contributed by atoms with Gasteiger partial charge in [0.25, 0.3) is 0 Å². The summed E-state index contributed by atoms with van der Waals surface area (Å²) < 4.78 is 10.7. The van der Waals surface area contributed by atoms with Crippen molar-refractivity contribution in [3.05, 3.63) is 41.5 Å². The van der Waals surface area contributed by atoms with Crippen LogP contribution in [0.5, 0.6) is 0 Å². The Kier molecular flexibility index (Phi) is 3.34. The molecule has 16 heavy (non-hydrogen) atoms. The number of rotatable bonds is 3. The smallest absolute Gasteiger partial charge is 0.328 e. The van der Waals surface area contributed by atoms with Crippen LogP contribution in [0, 0.1) is 0 Å². The topological polar surface area (TPSA) is 55.8 Å². The molecule has 2 rings (SSSR count). The van der Waals surface area contributed by atoms with Crippen molar-refractivity contribution in [2.75, 3.05) is 13.2 Å². The molecule has 4 nitrogen and oxygen atoms in total. The van der Waals surface area contributed by atoms with Crippen molar-refractivity contribution >= 4 is 12.0 Å². The molecule has 4 heteroatoms. The van der Waals surface area contributed by atoms with E-state index in [1.165, 1.54) is 0 Å². The molecule has 1 N–H and O–H groups in total. The summed E-state index contributed by atoms with van der Waals surface area (Å²) in [6, 6.07) is 7.43. The van der Waals surface area contributed by atoms with Crippen LogP contribution in [0.2, 0.25) is 0 Å². The Balaban J connectivity index is 2.15. The van der Waals surface area contributed by atoms with Crippen LogP contribution in [-0.4, -0.2) is 24.3 Å². The van der Waals surface area contributed by atoms with Crippen LogP contribution >= 0.6 is 0 Å². The molecule has 1 aliphatic heterocycles. The molecule has 0 amide bonds. The van der Waals surface area contributed by atoms with E-state index in [1.54, 1.807) is 6.08 Å². The van der Waals surface area contributed by atoms with Gasteiger partial charge < -0.3 is 14.6 Å². The van der Waals surface area contributed by atoms with Gasteiger partial charge in [0.2, 0.25) is 0 Å². The SMILES string of the molecule is O=C(O)C=Cc1cccc(C2OCCO2)c1. The lowest BCUT2D eigenvalue weighted by Gasteiger charge is -2.09. The molecule has 84 valence electrons. The third-order valence-electron chi connectivity index (χ3n) is 2.22. The second-order valence-electron chi connectivity index (χ2n) is 3.42. The highest BCUT2D eigenvalue weighted by Crippen LogP contribution is 2.23. The fourth-order valence-corrected chi connectivity index (χ4v) is 1.53. The summed E-state index contributed by atoms with van der Waals surface area (Å²) in [6.07, 6.45) is 2.33. The Labute approximate surface area is 93.1 Å². The lowest BCUT2D eigenvalue weighted by atomic mass is 10.1. The first-order valence-corrected chi connectivity index (χ1v) is 5.00. The zero-order chi connectivity index (χ0) is 11.4. The molecular formula is C12H12O4. The summed E-state index contributed by atoms with van der Waals surface area (Å²) in [6.45, 7) is 1.19. The number of aliphatic carboxylic acids is 1. The summed E-state index contributed by atoms with van der Waals surface area (Å²) in [4.78, 5) is 10.4. The minimum Gasteiger partial charge on any atom is -0.478 e. The average molecular weight is 220 g/mol. The molecule has 0 aliphatic carbocycles. The Morgan fingerprint density at radius 3 is 2.81 bits per heavy atom. The van der Waals surface area contributed by atoms with Crippen molar-refractivity contribution in [1.82, 2.24) is 0 Å². The van der Waals surface area contributed by atoms with Crippen LogP contribution in [0.15, 0.2) is 30.3 Å². The monoisotopic (exact) mass is 220 g/mol. The summed E-state index contributed by atoms with van der Waals surface area (Å²) in [5.74, 6) is -0.959. The number of ether oxygens (including phenoxy) is 2. The van der Waals surface area contributed by atoms with E-state index in [-0.39, 0.29) is 6.29 Å². The van der Waals surface area contributed by atoms with Gasteiger partial charge in [0, 0.05) is 11.6 Å². The molecule has 0 saturated carbocycles. The van der Waals surface area contributed by atoms with Gasteiger partial charge in [-0.05, 0) is 17.7 Å². The van der Waals surface area contributed by atoms with E-state index in [9.17, 15) is 4.79 Å². The van der Waals surface area contributed by atoms with Crippen molar-refractivity contribution in [3.63, 3.8) is 0 Å². The van der Waals surface area contributed by atoms with Crippen LogP contribution in [0.3, 0.4) is 0 Å². The van der Waals surface area contributed by atoms with Gasteiger partial charge in [0.05, 0.1) is 13.2 Å². The van der Waals surface area contributed by atoms with Crippen LogP contribution < -0.4 is 0 Å². The molecule has 0 radical (unpaired) electrons. The lowest BCUT2D eigenvalue weighted by Crippen LogP contribution is -1.97. The zero-order valence-electron chi connectivity index (χ0n) is 8.63. The molecule has 0 spiro atoms. The van der Waals surface area contributed by atoms with Crippen molar-refractivity contribution < 1.29 is 19.4 Å². The first kappa shape index (κ1) is 10.9. The molecule has 1 aromatic rings. The highest BCUT2D eigenvalue weighted by molar-refractivity contribution is 5.85. The second kappa shape index (κ2) is 4.92. The van der Waals surface area contributed by atoms with E-state index < -0.39 is 5.97 Å². The lowest BCUT2D eigenvalue weighted by molar-refractivity contribution is -0.131. The van der Waals surface area contributed by atoms with Gasteiger partial charge in [-0.25, -0.2) is 4.79 Å². The number of benzene rings is 1. The van der Waals surface area contributed by atoms with Gasteiger partial charge in [-0.3, -0.25) is 0 Å². The fraction of sp³-hybridized carbons (Fsp3) is 0.250. The first-order valence-electron chi connectivity index (χ1n) is 5.00. The van der Waals surface area contributed by atoms with Gasteiger partial charge in [0.15, 0.2) is 6.29 Å². The molecule has 1 aliphatic rings. The van der Waals surface area contributed by atoms with Gasteiger partial charge >= 0.3 is 5.97 Å². The molecule has 0 bridgehead atoms. The molecule has 1 aromatic carbocycles. The van der Waals surface area contributed by atoms with Crippen LogP contribution in [0.1, 0.15) is 17.4 Å². The number of hydrogen-bond donors (Lipinski definition) is 1. The maximum absolute atomic E-state index is 10.4. The third kappa shape index (κ3) is 2.68. The molecule has 1 saturated heterocycles. The predicted molar refractivity (Wildman–Crippen MR) is 57.8 cm³/mol. The summed E-state index contributed by atoms with van der Waals surface area (Å²) in [5, 5.41) is 8.52. The highest BCUT2D eigenvalue weighted by atomic mass is 16.7. The number of carboxylic acid groups (broad SMARTS) is 1. The van der Waals surface area contributed by atoms with Gasteiger partial charge in [0.1, 0.15) is 0 Å². The summed E-state index contributed by atoms with van der Waals surface area (Å²) in [5.41, 5.74) is 1.73. The Bertz CT molecular complexity index is 405. The van der Waals surface area contributed by atoms with E-state index in [2.05, 4.69) is 0 Å². The Morgan fingerprint density at radius 2 is 2.12 bits per heavy atom. The van der Waals surface area contributed by atoms with Crippen molar-refractivity contribution in [2.24, 2.45) is 0 Å². The van der Waals surface area contributed by atoms with Crippen LogP contribution in [-0.2, 0) is 14.3 Å². The molecule has 0 aromatic heterocycles. The van der Waals surface area contributed by atoms with Crippen molar-refractivity contribution in [2.45, 2.75) is 6.29 Å². The zero-order valence-corrected chi connectivity index (χ0v) is 8.63. The predicted octanol–water partition coefficient (Wildman–Crippen LogP) is 1.83. The van der Waals surface area contributed by atoms with E-state index in [0.717, 1.165) is 17.2 Å². The average Bonchev–Trinajstić information content (AvgIpc) is 2.80. The van der Waals surface area contributed by atoms with E-state index in [1.807, 2.05) is 24.3 Å². The molecule has 0 atom stereocenters. The van der Waals surface area contributed by atoms with E-state index in [0.29, 0.717) is 13.2 Å². The van der Waals surface area contributed by atoms with Gasteiger partial charge in [-0.2, -0.15) is 0 Å². The standard InChI is InChI=1S/C12H12O4/c13-11(14)5-4-9-2-1-3-10(8-9)12-15-6-7-16-12/h1-5,8,12H,6-7H2,(H,13,14). The quantitative estimate of drug-likeness (QED) is 0.789. The Hall–Kier alpha value is -1.65. The van der Waals surface area contributed by atoms with E-state index in [4.69, 9.17) is 14.6 Å². The molecule has 1 fully saturated rings. The third-order valence-corrected chi connectivity index (χ3v) is 2.22. The fourth-order valence-electron chi connectivity index (χ4n) is 1.53. The van der Waals surface area contributed by atoms with Crippen LogP contribution in [0.25, 0.3) is 6.08 Å². The minimum atomic E-state index is -0.959. The number of hydrogen-bond acceptors (Lipinski definition) is 3. The summed E-state index contributed by atoms with van der Waals surface area (Å²) >= 11 is 0. The van der Waals surface area contributed by atoms with Crippen molar-refractivity contribution in [3.8, 4) is 0 Å².